The van der Waals surface area contributed by atoms with Gasteiger partial charge < -0.3 is 0 Å². The number of nitrogens with zero attached hydrogens (tertiary/aromatic N) is 3. The van der Waals surface area contributed by atoms with Crippen LogP contribution in [0.2, 0.25) is 5.02 Å². The van der Waals surface area contributed by atoms with E-state index in [0.29, 0.717) is 16.3 Å². The predicted molar refractivity (Wildman–Crippen MR) is 152 cm³/mol. The fourth-order valence-corrected chi connectivity index (χ4v) is 5.11. The summed E-state index contributed by atoms with van der Waals surface area (Å²) in [6.07, 6.45) is 1.37. The Labute approximate surface area is 228 Å². The highest BCUT2D eigenvalue weighted by atomic mass is 35.5. The van der Waals surface area contributed by atoms with E-state index >= 15 is 0 Å². The first-order chi connectivity index (χ1) is 18.3. The van der Waals surface area contributed by atoms with E-state index in [-0.39, 0.29) is 16.4 Å². The molecule has 0 spiro atoms. The monoisotopic (exact) mass is 541 g/mol. The smallest absolute Gasteiger partial charge is 0.270 e. The SMILES string of the molecule is CC(c1cccc2ccccc12)N1C(=O)/C(=C/c2cccc([N+](=O)[O-])c2)C(=O)N(c2ccc(Cl)cc2)C1=S. The number of nitro groups is 1. The van der Waals surface area contributed by atoms with Crippen molar-refractivity contribution >= 4 is 69.0 Å². The lowest BCUT2D eigenvalue weighted by molar-refractivity contribution is -0.384. The average molecular weight is 542 g/mol. The number of non-ortho nitro benzene ring substituents is 1. The van der Waals surface area contributed by atoms with Gasteiger partial charge in [0.15, 0.2) is 5.11 Å². The third-order valence-corrected chi connectivity index (χ3v) is 7.05. The molecule has 4 aromatic carbocycles. The fraction of sp³-hybridized carbons (Fsp3) is 0.0690. The molecule has 1 atom stereocenters. The zero-order chi connectivity index (χ0) is 27.0. The number of rotatable bonds is 5. The maximum absolute atomic E-state index is 13.9. The summed E-state index contributed by atoms with van der Waals surface area (Å²) in [6.45, 7) is 1.85. The van der Waals surface area contributed by atoms with Gasteiger partial charge in [0.1, 0.15) is 5.57 Å². The Bertz CT molecular complexity index is 1650. The van der Waals surface area contributed by atoms with Gasteiger partial charge in [-0.1, -0.05) is 66.2 Å². The Kier molecular flexibility index (Phi) is 6.75. The van der Waals surface area contributed by atoms with Gasteiger partial charge in [0, 0.05) is 17.2 Å². The number of carbonyl (C=O) groups excluding carboxylic acids is 2. The lowest BCUT2D eigenvalue weighted by Gasteiger charge is -2.40. The molecule has 1 aliphatic heterocycles. The summed E-state index contributed by atoms with van der Waals surface area (Å²) in [5.74, 6) is -1.22. The first-order valence-corrected chi connectivity index (χ1v) is 12.5. The number of hydrogen-bond donors (Lipinski definition) is 0. The van der Waals surface area contributed by atoms with Crippen LogP contribution in [0.15, 0.2) is 96.6 Å². The molecular formula is C29H20ClN3O4S. The number of halogens is 1. The van der Waals surface area contributed by atoms with Gasteiger partial charge in [-0.15, -0.1) is 0 Å². The number of hydrogen-bond acceptors (Lipinski definition) is 5. The molecule has 188 valence electrons. The molecule has 0 N–H and O–H groups in total. The second-order valence-electron chi connectivity index (χ2n) is 8.73. The molecule has 0 radical (unpaired) electrons. The minimum Gasteiger partial charge on any atom is -0.277 e. The molecule has 2 amide bonds. The first kappa shape index (κ1) is 25.3. The summed E-state index contributed by atoms with van der Waals surface area (Å²) < 4.78 is 0. The van der Waals surface area contributed by atoms with Crippen LogP contribution in [0.25, 0.3) is 16.8 Å². The van der Waals surface area contributed by atoms with Gasteiger partial charge >= 0.3 is 0 Å². The first-order valence-electron chi connectivity index (χ1n) is 11.7. The third-order valence-electron chi connectivity index (χ3n) is 6.42. The topological polar surface area (TPSA) is 83.8 Å². The minimum absolute atomic E-state index is 0.0268. The van der Waals surface area contributed by atoms with E-state index < -0.39 is 22.8 Å². The number of nitro benzene ring substituents is 1. The van der Waals surface area contributed by atoms with Crippen LogP contribution in [0.4, 0.5) is 11.4 Å². The van der Waals surface area contributed by atoms with Crippen molar-refractivity contribution in [3.05, 3.63) is 123 Å². The number of amides is 2. The van der Waals surface area contributed by atoms with E-state index in [1.807, 2.05) is 49.4 Å². The molecule has 4 aromatic rings. The Morgan fingerprint density at radius 2 is 1.61 bits per heavy atom. The van der Waals surface area contributed by atoms with Gasteiger partial charge in [0.2, 0.25) is 0 Å². The van der Waals surface area contributed by atoms with Crippen molar-refractivity contribution in [3.63, 3.8) is 0 Å². The second-order valence-corrected chi connectivity index (χ2v) is 9.53. The molecule has 0 aliphatic carbocycles. The maximum Gasteiger partial charge on any atom is 0.270 e. The lowest BCUT2D eigenvalue weighted by atomic mass is 9.97. The zero-order valence-electron chi connectivity index (χ0n) is 20.1. The van der Waals surface area contributed by atoms with Crippen molar-refractivity contribution in [2.75, 3.05) is 4.90 Å². The third kappa shape index (κ3) is 4.55. The summed E-state index contributed by atoms with van der Waals surface area (Å²) in [6, 6.07) is 25.4. The Morgan fingerprint density at radius 1 is 0.921 bits per heavy atom. The van der Waals surface area contributed by atoms with E-state index in [9.17, 15) is 19.7 Å². The lowest BCUT2D eigenvalue weighted by Crippen LogP contribution is -2.57. The summed E-state index contributed by atoms with van der Waals surface area (Å²) in [4.78, 5) is 41.1. The van der Waals surface area contributed by atoms with Crippen LogP contribution in [0.3, 0.4) is 0 Å². The van der Waals surface area contributed by atoms with Gasteiger partial charge in [-0.3, -0.25) is 29.5 Å². The van der Waals surface area contributed by atoms with Crippen molar-refractivity contribution in [2.24, 2.45) is 0 Å². The quantitative estimate of drug-likeness (QED) is 0.0922. The van der Waals surface area contributed by atoms with Crippen LogP contribution < -0.4 is 4.90 Å². The second kappa shape index (κ2) is 10.2. The molecule has 1 unspecified atom stereocenters. The van der Waals surface area contributed by atoms with Crippen LogP contribution in [0.5, 0.6) is 0 Å². The van der Waals surface area contributed by atoms with E-state index in [1.54, 1.807) is 30.3 Å². The Balaban J connectivity index is 1.66. The highest BCUT2D eigenvalue weighted by Crippen LogP contribution is 2.35. The van der Waals surface area contributed by atoms with Gasteiger partial charge in [0.05, 0.1) is 16.7 Å². The molecule has 0 bridgehead atoms. The maximum atomic E-state index is 13.9. The summed E-state index contributed by atoms with van der Waals surface area (Å²) >= 11 is 11.8. The van der Waals surface area contributed by atoms with Gasteiger partial charge in [-0.2, -0.15) is 0 Å². The van der Waals surface area contributed by atoms with E-state index in [0.717, 1.165) is 16.3 Å². The van der Waals surface area contributed by atoms with Crippen molar-refractivity contribution in [1.82, 2.24) is 4.90 Å². The molecule has 38 heavy (non-hydrogen) atoms. The van der Waals surface area contributed by atoms with Crippen molar-refractivity contribution in [3.8, 4) is 0 Å². The van der Waals surface area contributed by atoms with E-state index in [4.69, 9.17) is 23.8 Å². The van der Waals surface area contributed by atoms with Crippen molar-refractivity contribution < 1.29 is 14.5 Å². The molecule has 5 rings (SSSR count). The van der Waals surface area contributed by atoms with Crippen LogP contribution in [-0.4, -0.2) is 26.8 Å². The highest BCUT2D eigenvalue weighted by molar-refractivity contribution is 7.80. The molecule has 1 aliphatic rings. The number of carbonyl (C=O) groups is 2. The highest BCUT2D eigenvalue weighted by Gasteiger charge is 2.43. The summed E-state index contributed by atoms with van der Waals surface area (Å²) in [7, 11) is 0. The normalized spacial score (nSPS) is 15.8. The zero-order valence-corrected chi connectivity index (χ0v) is 21.6. The van der Waals surface area contributed by atoms with Gasteiger partial charge in [-0.05, 0) is 71.4 Å². The molecule has 1 fully saturated rings. The Morgan fingerprint density at radius 3 is 2.34 bits per heavy atom. The molecular weight excluding hydrogens is 522 g/mol. The summed E-state index contributed by atoms with van der Waals surface area (Å²) in [5, 5.41) is 13.8. The van der Waals surface area contributed by atoms with Crippen LogP contribution in [0.1, 0.15) is 24.1 Å². The molecule has 0 saturated carbocycles. The van der Waals surface area contributed by atoms with E-state index in [2.05, 4.69) is 0 Å². The number of fused-ring (bicyclic) bond motifs is 1. The van der Waals surface area contributed by atoms with Crippen LogP contribution in [0, 0.1) is 10.1 Å². The molecule has 7 nitrogen and oxygen atoms in total. The molecule has 9 heteroatoms. The van der Waals surface area contributed by atoms with Crippen molar-refractivity contribution in [2.45, 2.75) is 13.0 Å². The minimum atomic E-state index is -0.629. The van der Waals surface area contributed by atoms with E-state index in [1.165, 1.54) is 34.1 Å². The number of benzene rings is 4. The van der Waals surface area contributed by atoms with Gasteiger partial charge in [0.25, 0.3) is 17.5 Å². The molecule has 1 saturated heterocycles. The van der Waals surface area contributed by atoms with Crippen molar-refractivity contribution in [1.29, 1.82) is 0 Å². The predicted octanol–water partition coefficient (Wildman–Crippen LogP) is 6.71. The summed E-state index contributed by atoms with van der Waals surface area (Å²) in [5.41, 5.74) is 1.33. The average Bonchev–Trinajstić information content (AvgIpc) is 2.92. The van der Waals surface area contributed by atoms with Crippen LogP contribution >= 0.6 is 23.8 Å². The standard InChI is InChI=1S/C29H20ClN3O4S/c1-18(24-11-5-8-20-7-2-3-10-25(20)24)31-27(34)26(17-19-6-4-9-23(16-19)33(36)37)28(35)32(29(31)38)22-14-12-21(30)13-15-22/h2-18H,1H3/b26-17-. The molecule has 1 heterocycles. The largest absolute Gasteiger partial charge is 0.277 e. The molecule has 0 aromatic heterocycles. The van der Waals surface area contributed by atoms with Crippen LogP contribution in [-0.2, 0) is 9.59 Å². The number of thiocarbonyl (C=S) groups is 1. The Hall–Kier alpha value is -4.40. The number of anilines is 1. The fourth-order valence-electron chi connectivity index (χ4n) is 4.55. The van der Waals surface area contributed by atoms with Gasteiger partial charge in [-0.25, -0.2) is 0 Å².